The molecule has 10 heteroatoms. The zero-order valence-corrected chi connectivity index (χ0v) is 25.2. The molecule has 2 unspecified atom stereocenters. The summed E-state index contributed by atoms with van der Waals surface area (Å²) in [4.78, 5) is 34.6. The first-order chi connectivity index (χ1) is 20.6. The van der Waals surface area contributed by atoms with Crippen molar-refractivity contribution in [1.29, 1.82) is 0 Å². The number of nitrogens with one attached hydrogen (secondary N) is 2. The lowest BCUT2D eigenvalue weighted by Gasteiger charge is -2.40. The minimum absolute atomic E-state index is 0.0723. The van der Waals surface area contributed by atoms with Gasteiger partial charge in [-0.2, -0.15) is 0 Å². The molecule has 0 saturated heterocycles. The molecule has 1 aliphatic heterocycles. The molecular weight excluding hydrogens is 585 g/mol. The van der Waals surface area contributed by atoms with E-state index < -0.39 is 0 Å². The van der Waals surface area contributed by atoms with Gasteiger partial charge in [0.2, 0.25) is 5.91 Å². The summed E-state index contributed by atoms with van der Waals surface area (Å²) in [5.41, 5.74) is 3.33. The first-order valence-electron chi connectivity index (χ1n) is 13.5. The average Bonchev–Trinajstić information content (AvgIpc) is 3.48. The maximum Gasteiger partial charge on any atom is 0.326 e. The summed E-state index contributed by atoms with van der Waals surface area (Å²) in [6.45, 7) is 2.57. The van der Waals surface area contributed by atoms with E-state index in [2.05, 4.69) is 33.8 Å². The number of hydrogen-bond donors (Lipinski definition) is 2. The van der Waals surface area contributed by atoms with Crippen LogP contribution >= 0.6 is 34.9 Å². The van der Waals surface area contributed by atoms with Crippen molar-refractivity contribution in [1.82, 2.24) is 4.98 Å². The zero-order valence-electron chi connectivity index (χ0n) is 22.7. The van der Waals surface area contributed by atoms with Crippen molar-refractivity contribution in [2.24, 2.45) is 0 Å². The summed E-state index contributed by atoms with van der Waals surface area (Å²) >= 11 is 4.57. The average molecular weight is 613 g/mol. The van der Waals surface area contributed by atoms with Crippen molar-refractivity contribution in [3.05, 3.63) is 102 Å². The number of nitrogens with zero attached hydrogens (tertiary/aromatic N) is 2. The van der Waals surface area contributed by atoms with Gasteiger partial charge in [0, 0.05) is 26.4 Å². The molecule has 2 heterocycles. The number of ether oxygens (including phenoxy) is 1. The number of thioether (sulfide) groups is 2. The Labute approximate surface area is 257 Å². The Morgan fingerprint density at radius 3 is 2.69 bits per heavy atom. The number of amides is 3. The molecule has 0 bridgehead atoms. The SMILES string of the molecule is CCOc1ccc(-c2csc(NC(=O)CSc3cccc(NC(=O)N4c5ccccc5SC5C=CC=CC54)c3)n2)cc1. The van der Waals surface area contributed by atoms with Crippen LogP contribution in [0.15, 0.2) is 112 Å². The molecule has 6 rings (SSSR count). The number of allylic oxidation sites excluding steroid dienone is 2. The fourth-order valence-corrected chi connectivity index (χ4v) is 7.48. The van der Waals surface area contributed by atoms with E-state index in [4.69, 9.17) is 4.74 Å². The van der Waals surface area contributed by atoms with Gasteiger partial charge in [0.25, 0.3) is 0 Å². The highest BCUT2D eigenvalue weighted by molar-refractivity contribution is 8.00. The molecule has 0 spiro atoms. The Hall–Kier alpha value is -3.99. The summed E-state index contributed by atoms with van der Waals surface area (Å²) in [5.74, 6) is 0.883. The second-order valence-corrected chi connectivity index (χ2v) is 12.6. The van der Waals surface area contributed by atoms with Gasteiger partial charge in [-0.3, -0.25) is 9.69 Å². The maximum atomic E-state index is 13.6. The van der Waals surface area contributed by atoms with Crippen molar-refractivity contribution >= 4 is 63.3 Å². The lowest BCUT2D eigenvalue weighted by atomic mass is 10.1. The Morgan fingerprint density at radius 1 is 1.00 bits per heavy atom. The minimum atomic E-state index is -0.190. The summed E-state index contributed by atoms with van der Waals surface area (Å²) in [5, 5.41) is 8.60. The van der Waals surface area contributed by atoms with E-state index in [1.165, 1.54) is 23.1 Å². The Kier molecular flexibility index (Phi) is 8.64. The zero-order chi connectivity index (χ0) is 28.9. The largest absolute Gasteiger partial charge is 0.494 e. The summed E-state index contributed by atoms with van der Waals surface area (Å²) in [6, 6.07) is 23.0. The number of aromatic nitrogens is 1. The van der Waals surface area contributed by atoms with E-state index in [9.17, 15) is 9.59 Å². The number of thiazole rings is 1. The van der Waals surface area contributed by atoms with E-state index in [-0.39, 0.29) is 29.0 Å². The molecule has 3 aromatic carbocycles. The van der Waals surface area contributed by atoms with Crippen LogP contribution in [0.25, 0.3) is 11.3 Å². The van der Waals surface area contributed by atoms with Gasteiger partial charge in [-0.15, -0.1) is 34.9 Å². The van der Waals surface area contributed by atoms with Crippen LogP contribution in [0.2, 0.25) is 0 Å². The topological polar surface area (TPSA) is 83.6 Å². The van der Waals surface area contributed by atoms with E-state index in [1.54, 1.807) is 11.8 Å². The van der Waals surface area contributed by atoms with E-state index >= 15 is 0 Å². The van der Waals surface area contributed by atoms with Crippen molar-refractivity contribution in [2.45, 2.75) is 28.0 Å². The summed E-state index contributed by atoms with van der Waals surface area (Å²) < 4.78 is 5.50. The van der Waals surface area contributed by atoms with Crippen molar-refractivity contribution in [3.8, 4) is 17.0 Å². The van der Waals surface area contributed by atoms with Crippen LogP contribution in [0.5, 0.6) is 5.75 Å². The van der Waals surface area contributed by atoms with E-state index in [1.807, 2.05) is 96.1 Å². The highest BCUT2D eigenvalue weighted by atomic mass is 32.2. The Morgan fingerprint density at radius 2 is 1.83 bits per heavy atom. The van der Waals surface area contributed by atoms with Crippen LogP contribution < -0.4 is 20.3 Å². The highest BCUT2D eigenvalue weighted by Crippen LogP contribution is 2.43. The molecule has 1 aliphatic carbocycles. The standard InChI is InChI=1S/C32H28N4O3S3/c1-2-39-23-16-14-21(15-17-23)25-19-41-31(34-25)35-30(37)20-40-24-9-7-8-22(18-24)33-32(38)36-26-10-3-5-12-28(26)42-29-13-6-4-11-27(29)36/h3-19,26,28H,2,20H2,1H3,(H,33,38)(H,34,35,37). The molecule has 2 atom stereocenters. The molecule has 3 amide bonds. The third-order valence-corrected chi connectivity index (χ3v) is 9.69. The molecule has 0 fully saturated rings. The van der Waals surface area contributed by atoms with Gasteiger partial charge in [-0.1, -0.05) is 42.5 Å². The number of hydrogen-bond acceptors (Lipinski definition) is 7. The van der Waals surface area contributed by atoms with Crippen LogP contribution in [0.1, 0.15) is 6.92 Å². The first kappa shape index (κ1) is 28.1. The van der Waals surface area contributed by atoms with Gasteiger partial charge in [0.15, 0.2) is 5.13 Å². The molecule has 212 valence electrons. The third kappa shape index (κ3) is 6.41. The molecule has 4 aromatic rings. The molecule has 7 nitrogen and oxygen atoms in total. The van der Waals surface area contributed by atoms with Gasteiger partial charge in [0.1, 0.15) is 5.75 Å². The van der Waals surface area contributed by atoms with Gasteiger partial charge in [0.05, 0.1) is 35.0 Å². The van der Waals surface area contributed by atoms with Crippen molar-refractivity contribution in [3.63, 3.8) is 0 Å². The number of urea groups is 1. The second-order valence-electron chi connectivity index (χ2n) is 9.47. The van der Waals surface area contributed by atoms with Gasteiger partial charge < -0.3 is 15.4 Å². The number of benzene rings is 3. The molecular formula is C32H28N4O3S3. The summed E-state index contributed by atoms with van der Waals surface area (Å²) in [6.07, 6.45) is 8.23. The van der Waals surface area contributed by atoms with Gasteiger partial charge >= 0.3 is 6.03 Å². The monoisotopic (exact) mass is 612 g/mol. The Bertz CT molecular complexity index is 1650. The molecule has 0 radical (unpaired) electrons. The van der Waals surface area contributed by atoms with Crippen molar-refractivity contribution in [2.75, 3.05) is 27.9 Å². The minimum Gasteiger partial charge on any atom is -0.494 e. The van der Waals surface area contributed by atoms with Crippen LogP contribution in [-0.4, -0.2) is 40.6 Å². The fourth-order valence-electron chi connectivity index (χ4n) is 4.73. The van der Waals surface area contributed by atoms with E-state index in [0.717, 1.165) is 32.5 Å². The number of fused-ring (bicyclic) bond motifs is 2. The summed E-state index contributed by atoms with van der Waals surface area (Å²) in [7, 11) is 0. The molecule has 42 heavy (non-hydrogen) atoms. The van der Waals surface area contributed by atoms with Gasteiger partial charge in [-0.25, -0.2) is 9.78 Å². The molecule has 2 N–H and O–H groups in total. The molecule has 0 saturated carbocycles. The first-order valence-corrected chi connectivity index (χ1v) is 16.2. The second kappa shape index (κ2) is 12.9. The van der Waals surface area contributed by atoms with Crippen LogP contribution in [-0.2, 0) is 4.79 Å². The van der Waals surface area contributed by atoms with Crippen molar-refractivity contribution < 1.29 is 14.3 Å². The van der Waals surface area contributed by atoms with Crippen LogP contribution in [0, 0.1) is 0 Å². The maximum absolute atomic E-state index is 13.6. The third-order valence-electron chi connectivity index (χ3n) is 6.63. The number of carbonyl (C=O) groups is 2. The fraction of sp³-hybridized carbons (Fsp3) is 0.156. The molecule has 1 aromatic heterocycles. The highest BCUT2D eigenvalue weighted by Gasteiger charge is 2.36. The lowest BCUT2D eigenvalue weighted by Crippen LogP contribution is -2.49. The number of carbonyl (C=O) groups excluding carboxylic acids is 2. The predicted octanol–water partition coefficient (Wildman–Crippen LogP) is 7.95. The number of para-hydroxylation sites is 1. The number of rotatable bonds is 8. The smallest absolute Gasteiger partial charge is 0.326 e. The van der Waals surface area contributed by atoms with Gasteiger partial charge in [-0.05, 0) is 61.5 Å². The van der Waals surface area contributed by atoms with Crippen LogP contribution in [0.4, 0.5) is 21.3 Å². The molecule has 2 aliphatic rings. The predicted molar refractivity (Wildman–Crippen MR) is 174 cm³/mol. The normalized spacial score (nSPS) is 16.8. The van der Waals surface area contributed by atoms with Crippen LogP contribution in [0.3, 0.4) is 0 Å². The van der Waals surface area contributed by atoms with E-state index in [0.29, 0.717) is 17.4 Å². The Balaban J connectivity index is 1.06. The number of anilines is 3. The lowest BCUT2D eigenvalue weighted by molar-refractivity contribution is -0.113. The quantitative estimate of drug-likeness (QED) is 0.197.